The fraction of sp³-hybridized carbons (Fsp3) is 0.750. The van der Waals surface area contributed by atoms with Crippen molar-refractivity contribution < 1.29 is 88.9 Å². The highest BCUT2D eigenvalue weighted by molar-refractivity contribution is 8.14. The highest BCUT2D eigenvalue weighted by Crippen LogP contribution is 2.52. The number of carbonyl (C=O) groups is 6. The van der Waals surface area contributed by atoms with Crippen molar-refractivity contribution in [3.05, 3.63) is 48.1 Å². The molecule has 23 nitrogen and oxygen atoms in total. The maximum Gasteiger partial charge on any atom is 0.474 e. The highest BCUT2D eigenvalue weighted by Gasteiger charge is 2.58. The lowest BCUT2D eigenvalue weighted by Gasteiger charge is -2.31. The lowest BCUT2D eigenvalue weighted by molar-refractivity contribution is -0.201. The maximum atomic E-state index is 13.7. The molecule has 6 heterocycles. The van der Waals surface area contributed by atoms with Crippen LogP contribution in [0.2, 0.25) is 0 Å². The third-order valence-electron chi connectivity index (χ3n) is 12.7. The van der Waals surface area contributed by atoms with Crippen LogP contribution in [-0.4, -0.2) is 165 Å². The van der Waals surface area contributed by atoms with Gasteiger partial charge in [-0.05, 0) is 40.5 Å². The number of rotatable bonds is 26. The van der Waals surface area contributed by atoms with Crippen LogP contribution >= 0.6 is 63.5 Å². The molecule has 85 heavy (non-hydrogen) atoms. The van der Waals surface area contributed by atoms with Crippen molar-refractivity contribution in [2.75, 3.05) is 62.7 Å². The Morgan fingerprint density at radius 3 is 1.20 bits per heavy atom. The molecular weight excluding hydrogens is 1220 g/mol. The van der Waals surface area contributed by atoms with Gasteiger partial charge < -0.3 is 63.3 Å². The van der Waals surface area contributed by atoms with Gasteiger partial charge in [0.25, 0.3) is 0 Å². The van der Waals surface area contributed by atoms with Crippen LogP contribution in [0.15, 0.2) is 48.1 Å². The van der Waals surface area contributed by atoms with E-state index in [-0.39, 0.29) is 71.6 Å². The Balaban J connectivity index is 0.000000311. The molecule has 0 aromatic heterocycles. The third kappa shape index (κ3) is 22.9. The minimum Gasteiger partial charge on any atom is -0.366 e. The van der Waals surface area contributed by atoms with Gasteiger partial charge in [0.05, 0.1) is 39.6 Å². The topological polar surface area (TPSA) is 289 Å². The standard InChI is InChI=1S/C28H45N2O10PS2.C28H45N2O9PS2/c1-26(2,3)24(32)42-14-12-35-41(34,36-13-15-43-25(33)27(4,5)6)37-17-19-20-21(40-28(7,8)39-20)23(38-19)30-11-9-10-18(16-30)22(29)31;1-26(2,3)24(32)41-14-12-34-40(35-13-15-42-25(33)27(4,5)6)36-17-19-20-21(39-28(7,8)38-20)23(37-19)30-11-9-10-18(16-30)22(29)31/h9,11,16,19-21,23H,10,12-15,17H2,1-8H3,(H2,29,31);9,11,16,19-21,23H,10,12-15,17H2,1-8H3,(H2,29,31). The second-order valence-electron chi connectivity index (χ2n) is 25.5. The molecule has 4 N–H and O–H groups in total. The van der Waals surface area contributed by atoms with Crippen molar-refractivity contribution in [2.45, 2.75) is 184 Å². The number of nitrogens with two attached hydrogens (primary N) is 2. The summed E-state index contributed by atoms with van der Waals surface area (Å²) in [6.45, 7) is 29.6. The maximum absolute atomic E-state index is 13.7. The normalized spacial score (nSPS) is 25.5. The van der Waals surface area contributed by atoms with Crippen LogP contribution in [-0.2, 0) is 88.9 Å². The van der Waals surface area contributed by atoms with Crippen LogP contribution in [0.3, 0.4) is 0 Å². The van der Waals surface area contributed by atoms with Gasteiger partial charge in [0, 0.05) is 80.6 Å². The average molecular weight is 1310 g/mol. The Labute approximate surface area is 519 Å². The van der Waals surface area contributed by atoms with Crippen LogP contribution in [0.5, 0.6) is 0 Å². The highest BCUT2D eigenvalue weighted by atomic mass is 32.2. The lowest BCUT2D eigenvalue weighted by Crippen LogP contribution is -2.40. The van der Waals surface area contributed by atoms with Crippen molar-refractivity contribution in [1.29, 1.82) is 0 Å². The molecule has 8 unspecified atom stereocenters. The van der Waals surface area contributed by atoms with Crippen molar-refractivity contribution in [2.24, 2.45) is 33.1 Å². The van der Waals surface area contributed by atoms with Crippen molar-refractivity contribution in [3.63, 3.8) is 0 Å². The summed E-state index contributed by atoms with van der Waals surface area (Å²) in [6, 6.07) is 0. The number of hydrogen-bond acceptors (Lipinski definition) is 25. The van der Waals surface area contributed by atoms with Crippen LogP contribution in [0.1, 0.15) is 124 Å². The van der Waals surface area contributed by atoms with Gasteiger partial charge in [-0.25, -0.2) is 4.57 Å². The zero-order chi connectivity index (χ0) is 63.5. The van der Waals surface area contributed by atoms with E-state index in [0.29, 0.717) is 35.5 Å². The van der Waals surface area contributed by atoms with E-state index in [1.54, 1.807) is 48.3 Å². The fourth-order valence-electron chi connectivity index (χ4n) is 8.31. The smallest absolute Gasteiger partial charge is 0.366 e. The zero-order valence-electron chi connectivity index (χ0n) is 51.9. The van der Waals surface area contributed by atoms with Gasteiger partial charge >= 0.3 is 16.4 Å². The minimum absolute atomic E-state index is 0.0254. The number of allylic oxidation sites excluding steroid dienone is 2. The first-order chi connectivity index (χ1) is 39.3. The molecule has 0 spiro atoms. The second kappa shape index (κ2) is 31.2. The Hall–Kier alpha value is -2.24. The van der Waals surface area contributed by atoms with Gasteiger partial charge in [0.1, 0.15) is 36.6 Å². The number of phosphoric ester groups is 1. The largest absolute Gasteiger partial charge is 0.474 e. The molecule has 6 aliphatic rings. The first-order valence-electron chi connectivity index (χ1n) is 28.1. The summed E-state index contributed by atoms with van der Waals surface area (Å²) < 4.78 is 85.8. The van der Waals surface area contributed by atoms with Crippen molar-refractivity contribution in [1.82, 2.24) is 9.80 Å². The summed E-state index contributed by atoms with van der Waals surface area (Å²) in [5, 5.41) is 0.101. The zero-order valence-corrected chi connectivity index (χ0v) is 57.0. The summed E-state index contributed by atoms with van der Waals surface area (Å²) in [4.78, 5) is 76.2. The van der Waals surface area contributed by atoms with Gasteiger partial charge in [-0.3, -0.25) is 42.3 Å². The van der Waals surface area contributed by atoms with Gasteiger partial charge in [-0.2, -0.15) is 0 Å². The Kier molecular flexibility index (Phi) is 27.0. The van der Waals surface area contributed by atoms with E-state index in [1.165, 1.54) is 23.5 Å². The molecule has 0 aromatic rings. The minimum atomic E-state index is -4.14. The summed E-state index contributed by atoms with van der Waals surface area (Å²) in [5.74, 6) is -1.39. The predicted octanol–water partition coefficient (Wildman–Crippen LogP) is 9.30. The monoisotopic (exact) mass is 1310 g/mol. The molecule has 6 aliphatic heterocycles. The average Bonchev–Trinajstić information content (AvgIpc) is 1.86. The number of fused-ring (bicyclic) bond motifs is 2. The number of primary amides is 2. The Morgan fingerprint density at radius 2 is 0.859 bits per heavy atom. The summed E-state index contributed by atoms with van der Waals surface area (Å²) in [6.07, 6.45) is 6.85. The van der Waals surface area contributed by atoms with E-state index in [4.69, 9.17) is 67.0 Å². The quantitative estimate of drug-likeness (QED) is 0.0602. The Morgan fingerprint density at radius 1 is 0.529 bits per heavy atom. The molecular formula is C56H90N4O19P2S4. The number of thioether (sulfide) groups is 4. The molecule has 0 aliphatic carbocycles. The van der Waals surface area contributed by atoms with Gasteiger partial charge in [-0.15, -0.1) is 0 Å². The first-order valence-corrected chi connectivity index (χ1v) is 34.6. The van der Waals surface area contributed by atoms with Crippen molar-refractivity contribution in [3.8, 4) is 0 Å². The van der Waals surface area contributed by atoms with E-state index in [1.807, 2.05) is 109 Å². The third-order valence-corrected chi connectivity index (χ3v) is 20.3. The van der Waals surface area contributed by atoms with Gasteiger partial charge in [-0.1, -0.05) is 142 Å². The second-order valence-corrected chi connectivity index (χ2v) is 32.7. The number of hydrogen-bond donors (Lipinski definition) is 2. The van der Waals surface area contributed by atoms with E-state index in [0.717, 1.165) is 23.5 Å². The molecule has 4 fully saturated rings. The molecule has 4 saturated heterocycles. The van der Waals surface area contributed by atoms with E-state index in [9.17, 15) is 33.3 Å². The summed E-state index contributed by atoms with van der Waals surface area (Å²) >= 11 is 4.57. The van der Waals surface area contributed by atoms with Crippen LogP contribution in [0, 0.1) is 21.7 Å². The molecule has 0 bridgehead atoms. The number of amides is 2. The van der Waals surface area contributed by atoms with Crippen LogP contribution in [0.4, 0.5) is 0 Å². The van der Waals surface area contributed by atoms with E-state index < -0.39 is 111 Å². The van der Waals surface area contributed by atoms with Crippen LogP contribution < -0.4 is 11.5 Å². The molecule has 0 aromatic carbocycles. The van der Waals surface area contributed by atoms with Crippen LogP contribution in [0.25, 0.3) is 0 Å². The molecule has 8 atom stereocenters. The molecule has 482 valence electrons. The number of ether oxygens (including phenoxy) is 6. The lowest BCUT2D eigenvalue weighted by atomic mass is 9.99. The molecule has 0 radical (unpaired) electrons. The van der Waals surface area contributed by atoms with Crippen molar-refractivity contribution >= 4 is 95.7 Å². The molecule has 0 saturated carbocycles. The number of carbonyl (C=O) groups excluding carboxylic acids is 6. The molecule has 29 heteroatoms. The number of phosphoric acid groups is 1. The first kappa shape index (κ1) is 73.5. The Bertz CT molecular complexity index is 2450. The molecule has 2 amide bonds. The fourth-order valence-corrected chi connectivity index (χ4v) is 14.1. The van der Waals surface area contributed by atoms with E-state index in [2.05, 4.69) is 0 Å². The number of nitrogens with zero attached hydrogens (tertiary/aromatic N) is 2. The predicted molar refractivity (Wildman–Crippen MR) is 329 cm³/mol. The van der Waals surface area contributed by atoms with E-state index >= 15 is 0 Å². The van der Waals surface area contributed by atoms with Gasteiger partial charge in [0.2, 0.25) is 11.8 Å². The summed E-state index contributed by atoms with van der Waals surface area (Å²) in [7, 11) is -5.95. The SMILES string of the molecule is CC1(C)OC2C(COP(=O)(OCCSC(=O)C(C)(C)C)OCCSC(=O)C(C)(C)C)OC(N3C=CCC(C(N)=O)=C3)C2O1.CC1(C)OC2C(COP(OCCSC(=O)C(C)(C)C)OCCSC(=O)C(C)(C)C)OC(N3C=CCC(C(N)=O)=C3)C2O1. The van der Waals surface area contributed by atoms with Gasteiger partial charge in [0.15, 0.2) is 44.5 Å². The summed E-state index contributed by atoms with van der Waals surface area (Å²) in [5.41, 5.74) is 9.94. The molecule has 6 rings (SSSR count).